The average Bonchev–Trinajstić information content (AvgIpc) is 2.73. The molecule has 18 heavy (non-hydrogen) atoms. The van der Waals surface area contributed by atoms with Crippen LogP contribution in [0.3, 0.4) is 0 Å². The molecule has 0 bridgehead atoms. The fraction of sp³-hybridized carbons (Fsp3) is 0.636. The molecule has 0 spiro atoms. The van der Waals surface area contributed by atoms with Crippen LogP contribution in [0.5, 0.6) is 0 Å². The summed E-state index contributed by atoms with van der Waals surface area (Å²) < 4.78 is 12.9. The first-order valence-electron chi connectivity index (χ1n) is 5.74. The second-order valence-corrected chi connectivity index (χ2v) is 4.87. The van der Waals surface area contributed by atoms with E-state index >= 15 is 0 Å². The van der Waals surface area contributed by atoms with E-state index in [0.29, 0.717) is 5.57 Å². The molecule has 1 amide bonds. The van der Waals surface area contributed by atoms with Crippen LogP contribution in [0, 0.1) is 0 Å². The highest BCUT2D eigenvalue weighted by Gasteiger charge is 2.65. The molecular weight excluding hydrogens is 240 g/mol. The maximum Gasteiger partial charge on any atom is 0.455 e. The number of rotatable bonds is 1. The molecule has 4 atom stereocenters. The number of carbonyl (C=O) groups excluding carboxylic acids is 1. The Morgan fingerprint density at radius 3 is 3.06 bits per heavy atom. The lowest BCUT2D eigenvalue weighted by Gasteiger charge is -2.23. The Hall–Kier alpha value is -1.44. The van der Waals surface area contributed by atoms with Gasteiger partial charge in [-0.2, -0.15) is 9.89 Å². The van der Waals surface area contributed by atoms with Crippen molar-refractivity contribution < 1.29 is 29.1 Å². The number of hydrogen-bond acceptors (Lipinski definition) is 5. The van der Waals surface area contributed by atoms with Crippen molar-refractivity contribution >= 4 is 11.9 Å². The van der Waals surface area contributed by atoms with E-state index in [1.54, 1.807) is 11.5 Å². The van der Waals surface area contributed by atoms with Crippen LogP contribution < -0.4 is 5.32 Å². The highest BCUT2D eigenvalue weighted by molar-refractivity contribution is 6.04. The minimum Gasteiger partial charge on any atom is -0.417 e. The van der Waals surface area contributed by atoms with Gasteiger partial charge in [-0.05, 0) is 0 Å². The van der Waals surface area contributed by atoms with Gasteiger partial charge in [0.25, 0.3) is 0 Å². The van der Waals surface area contributed by atoms with Gasteiger partial charge in [0, 0.05) is 6.92 Å². The zero-order valence-electron chi connectivity index (χ0n) is 9.92. The van der Waals surface area contributed by atoms with E-state index < -0.39 is 24.0 Å². The quantitative estimate of drug-likeness (QED) is 0.369. The number of amides is 1. The van der Waals surface area contributed by atoms with Gasteiger partial charge in [0.15, 0.2) is 0 Å². The first-order valence-corrected chi connectivity index (χ1v) is 5.74. The van der Waals surface area contributed by atoms with Crippen LogP contribution in [-0.4, -0.2) is 63.9 Å². The summed E-state index contributed by atoms with van der Waals surface area (Å²) in [6, 6.07) is 0.273. The van der Waals surface area contributed by atoms with Gasteiger partial charge in [0.1, 0.15) is 18.8 Å². The van der Waals surface area contributed by atoms with Crippen molar-refractivity contribution in [1.29, 1.82) is 0 Å². The second-order valence-electron chi connectivity index (χ2n) is 4.87. The molecule has 3 aliphatic heterocycles. The molecule has 1 unspecified atom stereocenters. The van der Waals surface area contributed by atoms with Crippen molar-refractivity contribution in [1.82, 2.24) is 5.32 Å². The largest absolute Gasteiger partial charge is 0.455 e. The molecule has 0 aromatic heterocycles. The maximum absolute atomic E-state index is 11.5. The van der Waals surface area contributed by atoms with E-state index in [4.69, 9.17) is 14.6 Å². The van der Waals surface area contributed by atoms with Gasteiger partial charge in [-0.3, -0.25) is 0 Å². The Balaban J connectivity index is 1.97. The van der Waals surface area contributed by atoms with Gasteiger partial charge < -0.3 is 19.7 Å². The van der Waals surface area contributed by atoms with Gasteiger partial charge in [-0.15, -0.1) is 0 Å². The van der Waals surface area contributed by atoms with Crippen LogP contribution in [0.4, 0.5) is 0 Å². The molecule has 0 aliphatic carbocycles. The SMILES string of the molecule is C=C1C[N+]2=C(NC1=O)O[C@@H]1C(O)[C@H](CO)O[C@]12C. The molecule has 1 saturated heterocycles. The van der Waals surface area contributed by atoms with Crippen LogP contribution in [0.1, 0.15) is 6.92 Å². The third-order valence-electron chi connectivity index (χ3n) is 3.70. The summed E-state index contributed by atoms with van der Waals surface area (Å²) in [5, 5.41) is 21.7. The number of hydrogen-bond donors (Lipinski definition) is 3. The van der Waals surface area contributed by atoms with Crippen LogP contribution in [0.25, 0.3) is 0 Å². The summed E-state index contributed by atoms with van der Waals surface area (Å²) in [6.07, 6.45) is -2.27. The van der Waals surface area contributed by atoms with Crippen molar-refractivity contribution in [2.75, 3.05) is 13.2 Å². The summed E-state index contributed by atoms with van der Waals surface area (Å²) in [6.45, 7) is 5.42. The van der Waals surface area contributed by atoms with Gasteiger partial charge in [0.05, 0.1) is 12.2 Å². The summed E-state index contributed by atoms with van der Waals surface area (Å²) >= 11 is 0. The Morgan fingerprint density at radius 2 is 2.39 bits per heavy atom. The highest BCUT2D eigenvalue weighted by atomic mass is 16.6. The van der Waals surface area contributed by atoms with E-state index in [1.807, 2.05) is 0 Å². The van der Waals surface area contributed by atoms with Crippen molar-refractivity contribution in [3.63, 3.8) is 0 Å². The van der Waals surface area contributed by atoms with Gasteiger partial charge in [-0.1, -0.05) is 6.58 Å². The fourth-order valence-electron chi connectivity index (χ4n) is 2.66. The highest BCUT2D eigenvalue weighted by Crippen LogP contribution is 2.38. The first kappa shape index (κ1) is 11.6. The third-order valence-corrected chi connectivity index (χ3v) is 3.70. The molecular formula is C11H15N2O5+. The van der Waals surface area contributed by atoms with E-state index in [0.717, 1.165) is 0 Å². The number of aliphatic hydroxyl groups excluding tert-OH is 2. The number of nitrogens with zero attached hydrogens (tertiary/aromatic N) is 1. The number of nitrogens with one attached hydrogen (secondary N) is 1. The van der Waals surface area contributed by atoms with Crippen LogP contribution in [-0.2, 0) is 14.3 Å². The minimum absolute atomic E-state index is 0.273. The maximum atomic E-state index is 11.5. The molecule has 3 heterocycles. The summed E-state index contributed by atoms with van der Waals surface area (Å²) in [5.74, 6) is -0.293. The van der Waals surface area contributed by atoms with E-state index in [2.05, 4.69) is 11.9 Å². The predicted molar refractivity (Wildman–Crippen MR) is 58.7 cm³/mol. The predicted octanol–water partition coefficient (Wildman–Crippen LogP) is -2.09. The van der Waals surface area contributed by atoms with Crippen molar-refractivity contribution in [3.05, 3.63) is 12.2 Å². The van der Waals surface area contributed by atoms with Crippen molar-refractivity contribution in [2.45, 2.75) is 31.0 Å². The van der Waals surface area contributed by atoms with Crippen molar-refractivity contribution in [3.8, 4) is 0 Å². The lowest BCUT2D eigenvalue weighted by molar-refractivity contribution is -0.644. The molecule has 3 aliphatic rings. The lowest BCUT2D eigenvalue weighted by atomic mass is 10.0. The Kier molecular flexibility index (Phi) is 2.28. The molecule has 0 saturated carbocycles. The standard InChI is InChI=1S/C11H14N2O5/c1-5-3-13-10(12-9(5)16)17-8-7(15)6(4-14)18-11(8,13)2/h6-8,14-15H,1,3-4H2,2H3/p+1/t6-,7?,8+,11+/m0/s1. The Bertz CT molecular complexity index is 474. The monoisotopic (exact) mass is 255 g/mol. The summed E-state index contributed by atoms with van der Waals surface area (Å²) in [7, 11) is 0. The van der Waals surface area contributed by atoms with E-state index in [9.17, 15) is 9.90 Å². The molecule has 3 N–H and O–H groups in total. The number of ether oxygens (including phenoxy) is 2. The average molecular weight is 255 g/mol. The van der Waals surface area contributed by atoms with Crippen LogP contribution in [0.15, 0.2) is 12.2 Å². The topological polar surface area (TPSA) is 91.0 Å². The fourth-order valence-corrected chi connectivity index (χ4v) is 2.66. The van der Waals surface area contributed by atoms with Crippen LogP contribution in [0.2, 0.25) is 0 Å². The number of aliphatic hydroxyl groups is 2. The van der Waals surface area contributed by atoms with Gasteiger partial charge in [0.2, 0.25) is 11.8 Å². The third kappa shape index (κ3) is 1.29. The Morgan fingerprint density at radius 1 is 1.67 bits per heavy atom. The zero-order chi connectivity index (χ0) is 13.1. The molecule has 1 fully saturated rings. The molecule has 3 rings (SSSR count). The smallest absolute Gasteiger partial charge is 0.417 e. The molecule has 0 aromatic carbocycles. The zero-order valence-corrected chi connectivity index (χ0v) is 9.92. The number of carbonyl (C=O) groups is 1. The number of fused-ring (bicyclic) bond motifs is 2. The van der Waals surface area contributed by atoms with Crippen molar-refractivity contribution in [2.24, 2.45) is 0 Å². The van der Waals surface area contributed by atoms with E-state index in [-0.39, 0.29) is 25.1 Å². The van der Waals surface area contributed by atoms with E-state index in [1.165, 1.54) is 0 Å². The molecule has 0 radical (unpaired) electrons. The summed E-state index contributed by atoms with van der Waals surface area (Å²) in [4.78, 5) is 11.5. The molecule has 7 heteroatoms. The number of amidine groups is 1. The Labute approximate surface area is 103 Å². The summed E-state index contributed by atoms with van der Waals surface area (Å²) in [5.41, 5.74) is -0.506. The van der Waals surface area contributed by atoms with Gasteiger partial charge in [-0.25, -0.2) is 4.79 Å². The van der Waals surface area contributed by atoms with Crippen LogP contribution >= 0.6 is 0 Å². The molecule has 7 nitrogen and oxygen atoms in total. The molecule has 0 aromatic rings. The first-order chi connectivity index (χ1) is 8.47. The normalized spacial score (nSPS) is 42.5. The lowest BCUT2D eigenvalue weighted by Crippen LogP contribution is -2.50. The minimum atomic E-state index is -0.941. The second kappa shape index (κ2) is 3.53. The van der Waals surface area contributed by atoms with Gasteiger partial charge >= 0.3 is 11.9 Å². The molecule has 98 valence electrons.